The van der Waals surface area contributed by atoms with Gasteiger partial charge in [0.2, 0.25) is 5.95 Å². The molecule has 116 valence electrons. The largest absolute Gasteiger partial charge is 0.486 e. The fourth-order valence-corrected chi connectivity index (χ4v) is 2.38. The first-order chi connectivity index (χ1) is 10.8. The predicted molar refractivity (Wildman–Crippen MR) is 86.3 cm³/mol. The van der Waals surface area contributed by atoms with E-state index < -0.39 is 0 Å². The number of hydrogen-bond acceptors (Lipinski definition) is 6. The van der Waals surface area contributed by atoms with Gasteiger partial charge in [0.1, 0.15) is 19.0 Å². The number of anilines is 3. The summed E-state index contributed by atoms with van der Waals surface area (Å²) in [6.45, 7) is 7.21. The molecule has 1 aromatic heterocycles. The van der Waals surface area contributed by atoms with Crippen LogP contribution in [0.25, 0.3) is 0 Å². The van der Waals surface area contributed by atoms with E-state index in [-0.39, 0.29) is 0 Å². The second-order valence-electron chi connectivity index (χ2n) is 4.89. The van der Waals surface area contributed by atoms with Crippen LogP contribution >= 0.6 is 0 Å². The molecule has 0 amide bonds. The highest BCUT2D eigenvalue weighted by molar-refractivity contribution is 5.60. The molecule has 0 bridgehead atoms. The SMILES string of the molecule is CCN(CC)c1ccnc(Nc2ccc3c(c2)OCCO3)n1. The van der Waals surface area contributed by atoms with Crippen molar-refractivity contribution in [2.45, 2.75) is 13.8 Å². The van der Waals surface area contributed by atoms with Crippen LogP contribution < -0.4 is 19.7 Å². The number of hydrogen-bond donors (Lipinski definition) is 1. The Morgan fingerprint density at radius 1 is 1.09 bits per heavy atom. The summed E-state index contributed by atoms with van der Waals surface area (Å²) in [5.74, 6) is 3.01. The third-order valence-corrected chi connectivity index (χ3v) is 3.53. The van der Waals surface area contributed by atoms with Gasteiger partial charge in [0.15, 0.2) is 11.5 Å². The summed E-state index contributed by atoms with van der Waals surface area (Å²) in [5.41, 5.74) is 0.876. The molecule has 22 heavy (non-hydrogen) atoms. The van der Waals surface area contributed by atoms with Gasteiger partial charge in [-0.1, -0.05) is 0 Å². The molecule has 1 aliphatic heterocycles. The van der Waals surface area contributed by atoms with E-state index in [9.17, 15) is 0 Å². The maximum absolute atomic E-state index is 5.58. The summed E-state index contributed by atoms with van der Waals surface area (Å²) >= 11 is 0. The Morgan fingerprint density at radius 3 is 2.64 bits per heavy atom. The maximum atomic E-state index is 5.58. The third kappa shape index (κ3) is 3.05. The van der Waals surface area contributed by atoms with Crippen molar-refractivity contribution in [2.24, 2.45) is 0 Å². The van der Waals surface area contributed by atoms with Crippen LogP contribution in [0.2, 0.25) is 0 Å². The summed E-state index contributed by atoms with van der Waals surface area (Å²) in [5, 5.41) is 3.21. The first-order valence-electron chi connectivity index (χ1n) is 7.54. The zero-order valence-corrected chi connectivity index (χ0v) is 12.9. The van der Waals surface area contributed by atoms with Crippen LogP contribution in [0.3, 0.4) is 0 Å². The van der Waals surface area contributed by atoms with Crippen LogP contribution in [0.15, 0.2) is 30.5 Å². The number of nitrogens with one attached hydrogen (secondary N) is 1. The van der Waals surface area contributed by atoms with Crippen molar-refractivity contribution in [3.63, 3.8) is 0 Å². The highest BCUT2D eigenvalue weighted by Crippen LogP contribution is 2.33. The lowest BCUT2D eigenvalue weighted by molar-refractivity contribution is 0.171. The average Bonchev–Trinajstić information content (AvgIpc) is 2.56. The van der Waals surface area contributed by atoms with Crippen LogP contribution in [0.5, 0.6) is 11.5 Å². The molecule has 1 aromatic carbocycles. The third-order valence-electron chi connectivity index (χ3n) is 3.53. The fraction of sp³-hybridized carbons (Fsp3) is 0.375. The van der Waals surface area contributed by atoms with Gasteiger partial charge >= 0.3 is 0 Å². The molecular formula is C16H20N4O2. The molecule has 2 aromatic rings. The fourth-order valence-electron chi connectivity index (χ4n) is 2.38. The Hall–Kier alpha value is -2.50. The summed E-state index contributed by atoms with van der Waals surface area (Å²) in [4.78, 5) is 11.0. The molecule has 0 spiro atoms. The Morgan fingerprint density at radius 2 is 1.86 bits per heavy atom. The van der Waals surface area contributed by atoms with Gasteiger partial charge in [0.25, 0.3) is 0 Å². The van der Waals surface area contributed by atoms with E-state index in [1.165, 1.54) is 0 Å². The van der Waals surface area contributed by atoms with Crippen molar-refractivity contribution in [1.82, 2.24) is 9.97 Å². The minimum atomic E-state index is 0.570. The van der Waals surface area contributed by atoms with Crippen LogP contribution in [0, 0.1) is 0 Å². The normalized spacial score (nSPS) is 12.8. The van der Waals surface area contributed by atoms with Crippen LogP contribution in [-0.4, -0.2) is 36.3 Å². The lowest BCUT2D eigenvalue weighted by Gasteiger charge is -2.20. The molecular weight excluding hydrogens is 280 g/mol. The van der Waals surface area contributed by atoms with Gasteiger partial charge in [-0.3, -0.25) is 0 Å². The van der Waals surface area contributed by atoms with Gasteiger partial charge in [0, 0.05) is 31.0 Å². The molecule has 6 heteroatoms. The monoisotopic (exact) mass is 300 g/mol. The molecule has 2 heterocycles. The van der Waals surface area contributed by atoms with E-state index in [2.05, 4.69) is 34.0 Å². The summed E-state index contributed by atoms with van der Waals surface area (Å²) in [7, 11) is 0. The number of nitrogens with zero attached hydrogens (tertiary/aromatic N) is 3. The molecule has 0 saturated heterocycles. The lowest BCUT2D eigenvalue weighted by Crippen LogP contribution is -2.23. The zero-order chi connectivity index (χ0) is 15.4. The molecule has 1 N–H and O–H groups in total. The molecule has 0 radical (unpaired) electrons. The van der Waals surface area contributed by atoms with Crippen molar-refractivity contribution in [1.29, 1.82) is 0 Å². The summed E-state index contributed by atoms with van der Waals surface area (Å²) in [6, 6.07) is 7.65. The molecule has 0 fully saturated rings. The second-order valence-corrected chi connectivity index (χ2v) is 4.89. The molecule has 0 unspecified atom stereocenters. The molecule has 0 saturated carbocycles. The molecule has 6 nitrogen and oxygen atoms in total. The van der Waals surface area contributed by atoms with Gasteiger partial charge < -0.3 is 19.7 Å². The van der Waals surface area contributed by atoms with Crippen molar-refractivity contribution in [3.05, 3.63) is 30.5 Å². The second kappa shape index (κ2) is 6.51. The highest BCUT2D eigenvalue weighted by atomic mass is 16.6. The smallest absolute Gasteiger partial charge is 0.229 e. The standard InChI is InChI=1S/C16H20N4O2/c1-3-20(4-2)15-7-8-17-16(19-15)18-12-5-6-13-14(11-12)22-10-9-21-13/h5-8,11H,3-4,9-10H2,1-2H3,(H,17,18,19). The lowest BCUT2D eigenvalue weighted by atomic mass is 10.2. The Bertz CT molecular complexity index is 644. The Kier molecular flexibility index (Phi) is 4.27. The van der Waals surface area contributed by atoms with Crippen molar-refractivity contribution in [3.8, 4) is 11.5 Å². The Labute approximate surface area is 130 Å². The zero-order valence-electron chi connectivity index (χ0n) is 12.9. The molecule has 0 aliphatic carbocycles. The maximum Gasteiger partial charge on any atom is 0.229 e. The van der Waals surface area contributed by atoms with Crippen molar-refractivity contribution < 1.29 is 9.47 Å². The Balaban J connectivity index is 1.79. The number of aromatic nitrogens is 2. The van der Waals surface area contributed by atoms with Crippen molar-refractivity contribution in [2.75, 3.05) is 36.5 Å². The van der Waals surface area contributed by atoms with E-state index in [1.807, 2.05) is 24.3 Å². The average molecular weight is 300 g/mol. The summed E-state index contributed by atoms with van der Waals surface area (Å²) in [6.07, 6.45) is 1.76. The van der Waals surface area contributed by atoms with Crippen LogP contribution in [-0.2, 0) is 0 Å². The van der Waals surface area contributed by atoms with Crippen LogP contribution in [0.1, 0.15) is 13.8 Å². The van der Waals surface area contributed by atoms with E-state index in [4.69, 9.17) is 9.47 Å². The minimum absolute atomic E-state index is 0.570. The van der Waals surface area contributed by atoms with E-state index in [0.717, 1.165) is 36.1 Å². The number of fused-ring (bicyclic) bond motifs is 1. The van der Waals surface area contributed by atoms with Gasteiger partial charge in [-0.05, 0) is 32.0 Å². The number of benzene rings is 1. The van der Waals surface area contributed by atoms with E-state index in [0.29, 0.717) is 19.2 Å². The van der Waals surface area contributed by atoms with Gasteiger partial charge in [-0.2, -0.15) is 4.98 Å². The van der Waals surface area contributed by atoms with E-state index in [1.54, 1.807) is 6.20 Å². The van der Waals surface area contributed by atoms with Gasteiger partial charge in [-0.25, -0.2) is 4.98 Å². The first kappa shape index (κ1) is 14.4. The predicted octanol–water partition coefficient (Wildman–Crippen LogP) is 2.84. The molecule has 1 aliphatic rings. The molecule has 0 atom stereocenters. The number of rotatable bonds is 5. The number of ether oxygens (including phenoxy) is 2. The first-order valence-corrected chi connectivity index (χ1v) is 7.54. The quantitative estimate of drug-likeness (QED) is 0.916. The van der Waals surface area contributed by atoms with E-state index >= 15 is 0 Å². The highest BCUT2D eigenvalue weighted by Gasteiger charge is 2.12. The molecule has 3 rings (SSSR count). The van der Waals surface area contributed by atoms with Gasteiger partial charge in [0.05, 0.1) is 0 Å². The minimum Gasteiger partial charge on any atom is -0.486 e. The van der Waals surface area contributed by atoms with Crippen molar-refractivity contribution >= 4 is 17.5 Å². The van der Waals surface area contributed by atoms with Crippen LogP contribution in [0.4, 0.5) is 17.5 Å². The van der Waals surface area contributed by atoms with Gasteiger partial charge in [-0.15, -0.1) is 0 Å². The summed E-state index contributed by atoms with van der Waals surface area (Å²) < 4.78 is 11.1. The topological polar surface area (TPSA) is 59.5 Å².